The summed E-state index contributed by atoms with van der Waals surface area (Å²) in [5.41, 5.74) is -0.368. The van der Waals surface area contributed by atoms with E-state index in [-0.39, 0.29) is 27.0 Å². The molecule has 1 saturated heterocycles. The second kappa shape index (κ2) is 9.82. The molecule has 2 aromatic carbocycles. The number of aliphatic hydroxyl groups is 3. The molecule has 5 N–H and O–H groups in total. The van der Waals surface area contributed by atoms with Crippen LogP contribution < -0.4 is 5.32 Å². The van der Waals surface area contributed by atoms with Gasteiger partial charge in [0.05, 0.1) is 27.6 Å². The molecule has 0 aliphatic carbocycles. The Labute approximate surface area is 192 Å². The van der Waals surface area contributed by atoms with Crippen molar-refractivity contribution < 1.29 is 45.0 Å². The highest BCUT2D eigenvalue weighted by Crippen LogP contribution is 2.34. The first kappa shape index (κ1) is 18.2. The summed E-state index contributed by atoms with van der Waals surface area (Å²) in [6, 6.07) is 2.14. The van der Waals surface area contributed by atoms with Crippen LogP contribution in [0.5, 0.6) is 0 Å². The summed E-state index contributed by atoms with van der Waals surface area (Å²) in [7, 11) is 0. The number of carboxylic acids is 1. The van der Waals surface area contributed by atoms with Gasteiger partial charge in [-0.05, 0) is 23.7 Å². The first-order chi connectivity index (χ1) is 16.3. The third-order valence-electron chi connectivity index (χ3n) is 4.36. The number of carboxylic acid groups (broad SMARTS) is 1. The molecule has 1 fully saturated rings. The van der Waals surface area contributed by atoms with Crippen LogP contribution in [0.25, 0.3) is 0 Å². The fourth-order valence-corrected chi connectivity index (χ4v) is 3.28. The van der Waals surface area contributed by atoms with E-state index in [0.717, 1.165) is 0 Å². The average molecular weight is 476 g/mol. The molecule has 5 atom stereocenters. The molecule has 0 saturated carbocycles. The maximum absolute atomic E-state index is 12.7. The molecule has 1 aliphatic heterocycles. The van der Waals surface area contributed by atoms with Crippen LogP contribution in [0.15, 0.2) is 42.4 Å². The molecule has 31 heavy (non-hydrogen) atoms. The van der Waals surface area contributed by atoms with Gasteiger partial charge in [-0.15, -0.1) is 0 Å². The second-order valence-electron chi connectivity index (χ2n) is 6.48. The number of carbonyl (C=O) groups excluding carboxylic acids is 1. The van der Waals surface area contributed by atoms with Crippen molar-refractivity contribution in [1.82, 2.24) is 0 Å². The molecule has 0 amide bonds. The van der Waals surface area contributed by atoms with Crippen LogP contribution >= 0.6 is 23.2 Å². The van der Waals surface area contributed by atoms with Crippen molar-refractivity contribution in [2.24, 2.45) is 0 Å². The topological polar surface area (TPSA) is 146 Å². The first-order valence-corrected chi connectivity index (χ1v) is 9.52. The van der Waals surface area contributed by atoms with Gasteiger partial charge in [-0.2, -0.15) is 0 Å². The number of hydrogen-bond donors (Lipinski definition) is 5. The minimum Gasteiger partial charge on any atom is -0.479 e. The van der Waals surface area contributed by atoms with Crippen LogP contribution in [-0.4, -0.2) is 63.1 Å². The van der Waals surface area contributed by atoms with E-state index in [4.69, 9.17) is 43.3 Å². The minimum atomic E-state index is -2.00. The van der Waals surface area contributed by atoms with Gasteiger partial charge < -0.3 is 35.2 Å². The van der Waals surface area contributed by atoms with Gasteiger partial charge in [-0.1, -0.05) is 47.4 Å². The second-order valence-corrected chi connectivity index (χ2v) is 7.29. The third-order valence-corrected chi connectivity index (χ3v) is 4.99. The normalized spacial score (nSPS) is 27.5. The van der Waals surface area contributed by atoms with E-state index in [1.165, 1.54) is 12.1 Å². The summed E-state index contributed by atoms with van der Waals surface area (Å²) in [6.07, 6.45) is -10.8. The molecule has 11 heteroatoms. The van der Waals surface area contributed by atoms with Crippen molar-refractivity contribution in [2.75, 3.05) is 5.32 Å². The Bertz CT molecular complexity index is 1150. The molecule has 1 heterocycles. The van der Waals surface area contributed by atoms with Gasteiger partial charge in [0.1, 0.15) is 18.3 Å². The number of benzene rings is 2. The number of esters is 1. The molecule has 0 spiro atoms. The number of carbonyl (C=O) groups is 2. The fourth-order valence-electron chi connectivity index (χ4n) is 2.78. The average Bonchev–Trinajstić information content (AvgIpc) is 2.80. The predicted octanol–water partition coefficient (Wildman–Crippen LogP) is 1.71. The van der Waals surface area contributed by atoms with E-state index < -0.39 is 73.2 Å². The largest absolute Gasteiger partial charge is 0.479 e. The van der Waals surface area contributed by atoms with Crippen LogP contribution in [-0.2, 0) is 25.5 Å². The van der Waals surface area contributed by atoms with Gasteiger partial charge in [0.2, 0.25) is 6.29 Å². The highest BCUT2D eigenvalue weighted by atomic mass is 35.5. The minimum absolute atomic E-state index is 0.114. The Hall–Kier alpha value is -2.40. The number of ether oxygens (including phenoxy) is 2. The van der Waals surface area contributed by atoms with Crippen molar-refractivity contribution in [3.63, 3.8) is 0 Å². The highest BCUT2D eigenvalue weighted by Gasteiger charge is 2.48. The zero-order valence-electron chi connectivity index (χ0n) is 19.5. The van der Waals surface area contributed by atoms with Crippen molar-refractivity contribution in [2.45, 2.75) is 37.1 Å². The highest BCUT2D eigenvalue weighted by molar-refractivity contribution is 6.39. The van der Waals surface area contributed by atoms with E-state index in [1.807, 2.05) is 0 Å². The van der Waals surface area contributed by atoms with Gasteiger partial charge in [-0.3, -0.25) is 4.79 Å². The lowest BCUT2D eigenvalue weighted by Crippen LogP contribution is -2.60. The van der Waals surface area contributed by atoms with Crippen LogP contribution in [0, 0.1) is 0 Å². The Morgan fingerprint density at radius 1 is 1.10 bits per heavy atom. The lowest BCUT2D eigenvalue weighted by molar-refractivity contribution is -0.286. The van der Waals surface area contributed by atoms with Crippen LogP contribution in [0.2, 0.25) is 10.0 Å². The zero-order valence-corrected chi connectivity index (χ0v) is 17.0. The molecule has 0 aromatic heterocycles. The number of aliphatic hydroxyl groups excluding tert-OH is 3. The summed E-state index contributed by atoms with van der Waals surface area (Å²) < 4.78 is 42.1. The number of anilines is 2. The maximum atomic E-state index is 12.7. The number of para-hydroxylation sites is 2. The number of aliphatic carboxylic acids is 1. The molecule has 0 unspecified atom stereocenters. The summed E-state index contributed by atoms with van der Waals surface area (Å²) in [4.78, 5) is 23.9. The molecular formula is C20H19Cl2NO8. The predicted molar refractivity (Wildman–Crippen MR) is 110 cm³/mol. The first-order valence-electron chi connectivity index (χ1n) is 10.8. The SMILES string of the molecule is [2H]c1c([2H])c([2H])c(Nc2c(Cl)cccc2Cl)c(CC(=O)O[C@@H]2O[C@H](C(=O)O)[C@@H](O)[C@H](O)[C@H]2O)c1[2H]. The van der Waals surface area contributed by atoms with Gasteiger partial charge in [0, 0.05) is 5.69 Å². The molecule has 2 aromatic rings. The summed E-state index contributed by atoms with van der Waals surface area (Å²) in [6.45, 7) is 0. The van der Waals surface area contributed by atoms with Crippen molar-refractivity contribution >= 4 is 46.5 Å². The summed E-state index contributed by atoms with van der Waals surface area (Å²) in [5.74, 6) is -2.87. The van der Waals surface area contributed by atoms with Crippen LogP contribution in [0.1, 0.15) is 11.0 Å². The van der Waals surface area contributed by atoms with Crippen molar-refractivity contribution in [1.29, 1.82) is 0 Å². The van der Waals surface area contributed by atoms with E-state index in [0.29, 0.717) is 0 Å². The van der Waals surface area contributed by atoms with E-state index in [2.05, 4.69) is 5.32 Å². The van der Waals surface area contributed by atoms with Crippen LogP contribution in [0.3, 0.4) is 0 Å². The van der Waals surface area contributed by atoms with E-state index in [1.54, 1.807) is 6.07 Å². The molecule has 0 bridgehead atoms. The molecular weight excluding hydrogens is 453 g/mol. The fraction of sp³-hybridized carbons (Fsp3) is 0.300. The van der Waals surface area contributed by atoms with Crippen molar-refractivity contribution in [3.8, 4) is 0 Å². The monoisotopic (exact) mass is 475 g/mol. The number of halogens is 2. The number of rotatable bonds is 6. The lowest BCUT2D eigenvalue weighted by atomic mass is 9.99. The van der Waals surface area contributed by atoms with Gasteiger partial charge in [0.15, 0.2) is 6.10 Å². The quantitative estimate of drug-likeness (QED) is 0.394. The molecule has 1 aliphatic rings. The van der Waals surface area contributed by atoms with E-state index in [9.17, 15) is 24.9 Å². The summed E-state index contributed by atoms with van der Waals surface area (Å²) in [5, 5.41) is 41.8. The van der Waals surface area contributed by atoms with Gasteiger partial charge >= 0.3 is 11.9 Å². The Morgan fingerprint density at radius 3 is 2.39 bits per heavy atom. The molecule has 0 radical (unpaired) electrons. The molecule has 3 rings (SSSR count). The van der Waals surface area contributed by atoms with Gasteiger partial charge in [-0.25, -0.2) is 4.79 Å². The van der Waals surface area contributed by atoms with Crippen molar-refractivity contribution in [3.05, 3.63) is 58.0 Å². The summed E-state index contributed by atoms with van der Waals surface area (Å²) >= 11 is 12.3. The lowest BCUT2D eigenvalue weighted by Gasteiger charge is -2.37. The van der Waals surface area contributed by atoms with Crippen LogP contribution in [0.4, 0.5) is 11.4 Å². The Morgan fingerprint density at radius 2 is 1.74 bits per heavy atom. The molecule has 166 valence electrons. The zero-order chi connectivity index (χ0) is 26.2. The number of nitrogens with one attached hydrogen (secondary N) is 1. The van der Waals surface area contributed by atoms with Gasteiger partial charge in [0.25, 0.3) is 0 Å². The number of hydrogen-bond acceptors (Lipinski definition) is 8. The standard InChI is InChI=1S/C20H19Cl2NO8/c21-10-5-3-6-11(22)14(10)23-12-7-2-1-4-9(12)8-13(24)30-20-17(27)15(25)16(26)18(31-20)19(28)29/h1-7,15-18,20,23,25-27H,8H2,(H,28,29)/t15-,16-,17+,18-,20+/m0/s1/i1D,2D,4D,7D. The third kappa shape index (κ3) is 5.27. The smallest absolute Gasteiger partial charge is 0.335 e. The molecule has 9 nitrogen and oxygen atoms in total. The van der Waals surface area contributed by atoms with E-state index >= 15 is 0 Å². The maximum Gasteiger partial charge on any atom is 0.335 e. The Kier molecular flexibility index (Phi) is 5.76. The Balaban J connectivity index is 1.93.